The summed E-state index contributed by atoms with van der Waals surface area (Å²) in [5.74, 6) is 1.81. The first-order valence-corrected chi connectivity index (χ1v) is 5.85. The van der Waals surface area contributed by atoms with Gasteiger partial charge in [0.2, 0.25) is 0 Å². The van der Waals surface area contributed by atoms with Gasteiger partial charge in [0, 0.05) is 6.61 Å². The Labute approximate surface area is 87.8 Å². The maximum absolute atomic E-state index is 5.99. The Kier molecular flexibility index (Phi) is 2.98. The Morgan fingerprint density at radius 1 is 1.79 bits per heavy atom. The van der Waals surface area contributed by atoms with Gasteiger partial charge in [0.25, 0.3) is 0 Å². The van der Waals surface area contributed by atoms with Crippen LogP contribution < -0.4 is 5.73 Å². The molecule has 0 aromatic carbocycles. The molecule has 78 valence electrons. The van der Waals surface area contributed by atoms with Crippen LogP contribution in [0.15, 0.2) is 11.1 Å². The van der Waals surface area contributed by atoms with Crippen LogP contribution in [0.25, 0.3) is 0 Å². The van der Waals surface area contributed by atoms with Gasteiger partial charge in [0.15, 0.2) is 0 Å². The minimum Gasteiger partial charge on any atom is -0.383 e. The molecule has 2 heterocycles. The molecular weight excluding hydrogens is 198 g/mol. The van der Waals surface area contributed by atoms with Crippen molar-refractivity contribution in [1.29, 1.82) is 0 Å². The van der Waals surface area contributed by atoms with Crippen LogP contribution in [-0.2, 0) is 4.74 Å². The predicted octanol–water partition coefficient (Wildman–Crippen LogP) is 1.54. The molecule has 1 unspecified atom stereocenters. The van der Waals surface area contributed by atoms with Crippen molar-refractivity contribution < 1.29 is 4.74 Å². The normalized spacial score (nSPS) is 21.6. The molecule has 0 spiro atoms. The van der Waals surface area contributed by atoms with Crippen molar-refractivity contribution in [2.75, 3.05) is 24.7 Å². The van der Waals surface area contributed by atoms with Crippen LogP contribution in [-0.4, -0.2) is 28.7 Å². The number of nitrogens with two attached hydrogens (primary N) is 1. The SMILES string of the molecule is CCSc1cnn(C2CCOC2)c1N. The van der Waals surface area contributed by atoms with Gasteiger partial charge in [0.1, 0.15) is 5.82 Å². The van der Waals surface area contributed by atoms with Gasteiger partial charge in [-0.3, -0.25) is 0 Å². The maximum Gasteiger partial charge on any atom is 0.135 e. The molecule has 1 fully saturated rings. The van der Waals surface area contributed by atoms with Crippen LogP contribution in [0.2, 0.25) is 0 Å². The zero-order chi connectivity index (χ0) is 9.97. The third-order valence-electron chi connectivity index (χ3n) is 2.35. The number of nitrogen functional groups attached to an aromatic ring is 1. The first kappa shape index (κ1) is 9.86. The van der Waals surface area contributed by atoms with E-state index in [-0.39, 0.29) is 0 Å². The highest BCUT2D eigenvalue weighted by atomic mass is 32.2. The van der Waals surface area contributed by atoms with E-state index in [1.165, 1.54) is 0 Å². The van der Waals surface area contributed by atoms with Gasteiger partial charge in [-0.05, 0) is 12.2 Å². The van der Waals surface area contributed by atoms with Crippen molar-refractivity contribution in [3.63, 3.8) is 0 Å². The average molecular weight is 213 g/mol. The third-order valence-corrected chi connectivity index (χ3v) is 3.26. The molecule has 0 aliphatic carbocycles. The highest BCUT2D eigenvalue weighted by Crippen LogP contribution is 2.29. The molecule has 5 heteroatoms. The van der Waals surface area contributed by atoms with Crippen LogP contribution in [0.1, 0.15) is 19.4 Å². The smallest absolute Gasteiger partial charge is 0.135 e. The first-order chi connectivity index (χ1) is 6.83. The number of thioether (sulfide) groups is 1. The fraction of sp³-hybridized carbons (Fsp3) is 0.667. The molecule has 4 nitrogen and oxygen atoms in total. The van der Waals surface area contributed by atoms with Gasteiger partial charge in [0.05, 0.1) is 23.7 Å². The van der Waals surface area contributed by atoms with E-state index in [2.05, 4.69) is 12.0 Å². The lowest BCUT2D eigenvalue weighted by atomic mass is 10.3. The highest BCUT2D eigenvalue weighted by molar-refractivity contribution is 7.99. The van der Waals surface area contributed by atoms with E-state index in [0.717, 1.165) is 36.1 Å². The molecule has 1 aliphatic rings. The molecule has 1 saturated heterocycles. The summed E-state index contributed by atoms with van der Waals surface area (Å²) in [6.07, 6.45) is 2.87. The van der Waals surface area contributed by atoms with Crippen LogP contribution in [0.4, 0.5) is 5.82 Å². The molecule has 14 heavy (non-hydrogen) atoms. The first-order valence-electron chi connectivity index (χ1n) is 4.86. The van der Waals surface area contributed by atoms with E-state index in [1.807, 2.05) is 10.9 Å². The van der Waals surface area contributed by atoms with Gasteiger partial charge in [-0.25, -0.2) is 4.68 Å². The number of rotatable bonds is 3. The molecule has 1 aliphatic heterocycles. The van der Waals surface area contributed by atoms with Crippen molar-refractivity contribution in [3.8, 4) is 0 Å². The van der Waals surface area contributed by atoms with Crippen molar-refractivity contribution in [2.24, 2.45) is 0 Å². The fourth-order valence-corrected chi connectivity index (χ4v) is 2.30. The Hall–Kier alpha value is -0.680. The Balaban J connectivity index is 2.17. The number of ether oxygens (including phenoxy) is 1. The Bertz CT molecular complexity index is 307. The zero-order valence-electron chi connectivity index (χ0n) is 8.27. The van der Waals surface area contributed by atoms with Crippen molar-refractivity contribution in [2.45, 2.75) is 24.3 Å². The van der Waals surface area contributed by atoms with Gasteiger partial charge >= 0.3 is 0 Å². The largest absolute Gasteiger partial charge is 0.383 e. The standard InChI is InChI=1S/C9H15N3OS/c1-2-14-8-5-11-12(9(8)10)7-3-4-13-6-7/h5,7H,2-4,6,10H2,1H3. The second-order valence-electron chi connectivity index (χ2n) is 3.29. The highest BCUT2D eigenvalue weighted by Gasteiger charge is 2.21. The summed E-state index contributed by atoms with van der Waals surface area (Å²) < 4.78 is 7.21. The molecule has 1 aromatic rings. The topological polar surface area (TPSA) is 53.1 Å². The molecule has 2 rings (SSSR count). The lowest BCUT2D eigenvalue weighted by Gasteiger charge is -2.10. The molecule has 2 N–H and O–H groups in total. The van der Waals surface area contributed by atoms with E-state index in [4.69, 9.17) is 10.5 Å². The number of anilines is 1. The van der Waals surface area contributed by atoms with Crippen LogP contribution in [0.5, 0.6) is 0 Å². The van der Waals surface area contributed by atoms with E-state index in [1.54, 1.807) is 11.8 Å². The average Bonchev–Trinajstić information content (AvgIpc) is 2.77. The van der Waals surface area contributed by atoms with Gasteiger partial charge in [-0.15, -0.1) is 11.8 Å². The van der Waals surface area contributed by atoms with E-state index in [0.29, 0.717) is 6.04 Å². The summed E-state index contributed by atoms with van der Waals surface area (Å²) in [7, 11) is 0. The molecule has 1 atom stereocenters. The number of aromatic nitrogens is 2. The quantitative estimate of drug-likeness (QED) is 0.774. The fourth-order valence-electron chi connectivity index (χ4n) is 1.63. The Morgan fingerprint density at radius 3 is 3.29 bits per heavy atom. The molecule has 1 aromatic heterocycles. The third kappa shape index (κ3) is 1.74. The van der Waals surface area contributed by atoms with Crippen molar-refractivity contribution >= 4 is 17.6 Å². The maximum atomic E-state index is 5.99. The van der Waals surface area contributed by atoms with E-state index in [9.17, 15) is 0 Å². The molecular formula is C9H15N3OS. The Morgan fingerprint density at radius 2 is 2.64 bits per heavy atom. The number of nitrogens with zero attached hydrogens (tertiary/aromatic N) is 2. The molecule has 0 radical (unpaired) electrons. The summed E-state index contributed by atoms with van der Waals surface area (Å²) in [6, 6.07) is 0.334. The van der Waals surface area contributed by atoms with E-state index >= 15 is 0 Å². The van der Waals surface area contributed by atoms with Gasteiger partial charge in [-0.2, -0.15) is 5.10 Å². The summed E-state index contributed by atoms with van der Waals surface area (Å²) >= 11 is 1.73. The monoisotopic (exact) mass is 213 g/mol. The summed E-state index contributed by atoms with van der Waals surface area (Å²) in [5.41, 5.74) is 5.99. The molecule has 0 amide bonds. The van der Waals surface area contributed by atoms with E-state index < -0.39 is 0 Å². The summed E-state index contributed by atoms with van der Waals surface area (Å²) in [4.78, 5) is 1.08. The lowest BCUT2D eigenvalue weighted by Crippen LogP contribution is -2.13. The summed E-state index contributed by atoms with van der Waals surface area (Å²) in [5, 5.41) is 4.31. The van der Waals surface area contributed by atoms with Crippen molar-refractivity contribution in [3.05, 3.63) is 6.20 Å². The van der Waals surface area contributed by atoms with Crippen molar-refractivity contribution in [1.82, 2.24) is 9.78 Å². The number of hydrogen-bond acceptors (Lipinski definition) is 4. The lowest BCUT2D eigenvalue weighted by molar-refractivity contribution is 0.185. The van der Waals surface area contributed by atoms with Crippen LogP contribution in [0.3, 0.4) is 0 Å². The predicted molar refractivity (Wildman–Crippen MR) is 57.5 cm³/mol. The second kappa shape index (κ2) is 4.23. The number of hydrogen-bond donors (Lipinski definition) is 1. The zero-order valence-corrected chi connectivity index (χ0v) is 9.09. The second-order valence-corrected chi connectivity index (χ2v) is 4.59. The van der Waals surface area contributed by atoms with Crippen LogP contribution in [0, 0.1) is 0 Å². The van der Waals surface area contributed by atoms with Crippen LogP contribution >= 0.6 is 11.8 Å². The molecule has 0 bridgehead atoms. The minimum atomic E-state index is 0.334. The van der Waals surface area contributed by atoms with Gasteiger partial charge in [-0.1, -0.05) is 6.92 Å². The molecule has 0 saturated carbocycles. The van der Waals surface area contributed by atoms with Gasteiger partial charge < -0.3 is 10.5 Å². The minimum absolute atomic E-state index is 0.334. The summed E-state index contributed by atoms with van der Waals surface area (Å²) in [6.45, 7) is 3.67.